The summed E-state index contributed by atoms with van der Waals surface area (Å²) in [6, 6.07) is 5.16. The maximum Gasteiger partial charge on any atom is 0.333 e. The number of benzene rings is 1. The number of Topliss-reactive ketones (excluding diaryl/α,β-unsaturated/α-hetero) is 1. The van der Waals surface area contributed by atoms with E-state index >= 15 is 0 Å². The number of carbonyl (C=O) groups is 2. The third-order valence-electron chi connectivity index (χ3n) is 3.73. The fourth-order valence-corrected chi connectivity index (χ4v) is 2.75. The van der Waals surface area contributed by atoms with Crippen LogP contribution < -0.4 is 14.6 Å². The van der Waals surface area contributed by atoms with E-state index in [4.69, 9.17) is 14.2 Å². The first kappa shape index (κ1) is 14.4. The summed E-state index contributed by atoms with van der Waals surface area (Å²) in [6.45, 7) is 1.99. The van der Waals surface area contributed by atoms with E-state index in [9.17, 15) is 14.7 Å². The van der Waals surface area contributed by atoms with E-state index in [0.29, 0.717) is 17.1 Å². The number of fused-ring (bicyclic) bond motifs is 1. The first-order valence-corrected chi connectivity index (χ1v) is 7.08. The minimum absolute atomic E-state index is 0.0420. The molecule has 0 radical (unpaired) electrons. The molecule has 1 aromatic carbocycles. The van der Waals surface area contributed by atoms with Gasteiger partial charge in [-0.05, 0) is 24.6 Å². The van der Waals surface area contributed by atoms with Crippen LogP contribution in [0.1, 0.15) is 31.2 Å². The van der Waals surface area contributed by atoms with Gasteiger partial charge in [0.05, 0.1) is 6.61 Å². The molecular weight excluding hydrogens is 288 g/mol. The monoisotopic (exact) mass is 303 g/mol. The average molecular weight is 303 g/mol. The number of hydrogen-bond donors (Lipinski definition) is 0. The number of carbonyl (C=O) groups excluding carboxylic acids is 2. The van der Waals surface area contributed by atoms with Crippen LogP contribution in [0.5, 0.6) is 11.5 Å². The Kier molecular flexibility index (Phi) is 3.75. The van der Waals surface area contributed by atoms with Gasteiger partial charge in [0.25, 0.3) is 0 Å². The van der Waals surface area contributed by atoms with Crippen molar-refractivity contribution in [3.8, 4) is 11.5 Å². The Hall–Kier alpha value is -2.50. The molecule has 3 rings (SSSR count). The minimum Gasteiger partial charge on any atom is -0.875 e. The summed E-state index contributed by atoms with van der Waals surface area (Å²) in [5.74, 6) is -0.732. The van der Waals surface area contributed by atoms with Crippen LogP contribution in [0.2, 0.25) is 0 Å². The van der Waals surface area contributed by atoms with E-state index in [-0.39, 0.29) is 37.6 Å². The molecule has 0 fully saturated rings. The molecule has 1 atom stereocenters. The predicted octanol–water partition coefficient (Wildman–Crippen LogP) is 1.04. The summed E-state index contributed by atoms with van der Waals surface area (Å²) < 4.78 is 15.5. The van der Waals surface area contributed by atoms with Crippen molar-refractivity contribution in [2.45, 2.75) is 25.7 Å². The van der Waals surface area contributed by atoms with Gasteiger partial charge in [0.1, 0.15) is 5.78 Å². The van der Waals surface area contributed by atoms with Gasteiger partial charge in [0, 0.05) is 24.3 Å². The zero-order valence-corrected chi connectivity index (χ0v) is 12.1. The molecule has 22 heavy (non-hydrogen) atoms. The second-order valence-corrected chi connectivity index (χ2v) is 5.14. The Balaban J connectivity index is 2.00. The number of ketones is 1. The van der Waals surface area contributed by atoms with Crippen molar-refractivity contribution < 1.29 is 28.9 Å². The number of ether oxygens (including phenoxy) is 3. The Labute approximate surface area is 127 Å². The van der Waals surface area contributed by atoms with Gasteiger partial charge in [-0.15, -0.1) is 5.76 Å². The second kappa shape index (κ2) is 5.71. The molecule has 0 spiro atoms. The third-order valence-corrected chi connectivity index (χ3v) is 3.73. The van der Waals surface area contributed by atoms with E-state index in [1.807, 2.05) is 0 Å². The first-order chi connectivity index (χ1) is 10.6. The van der Waals surface area contributed by atoms with Gasteiger partial charge in [-0.1, -0.05) is 6.07 Å². The molecule has 1 unspecified atom stereocenters. The molecule has 1 aliphatic heterocycles. The van der Waals surface area contributed by atoms with Gasteiger partial charge in [0.2, 0.25) is 6.79 Å². The van der Waals surface area contributed by atoms with E-state index in [1.54, 1.807) is 25.1 Å². The summed E-state index contributed by atoms with van der Waals surface area (Å²) in [6.07, 6.45) is -0.130. The molecule has 0 N–H and O–H groups in total. The second-order valence-electron chi connectivity index (χ2n) is 5.14. The quantitative estimate of drug-likeness (QED) is 0.776. The lowest BCUT2D eigenvalue weighted by molar-refractivity contribution is -0.308. The number of esters is 1. The van der Waals surface area contributed by atoms with Crippen molar-refractivity contribution in [2.75, 3.05) is 13.4 Å². The van der Waals surface area contributed by atoms with Crippen molar-refractivity contribution >= 4 is 11.8 Å². The van der Waals surface area contributed by atoms with Gasteiger partial charge in [-0.25, -0.2) is 4.79 Å². The first-order valence-electron chi connectivity index (χ1n) is 7.08. The highest BCUT2D eigenvalue weighted by atomic mass is 16.7. The molecule has 0 amide bonds. The Morgan fingerprint density at radius 2 is 2.14 bits per heavy atom. The van der Waals surface area contributed by atoms with Crippen LogP contribution in [0.3, 0.4) is 0 Å². The molecule has 1 aliphatic carbocycles. The highest BCUT2D eigenvalue weighted by Gasteiger charge is 2.31. The summed E-state index contributed by atoms with van der Waals surface area (Å²) in [7, 11) is 0. The van der Waals surface area contributed by atoms with Gasteiger partial charge < -0.3 is 19.3 Å². The largest absolute Gasteiger partial charge is 0.875 e. The Morgan fingerprint density at radius 1 is 1.36 bits per heavy atom. The minimum atomic E-state index is -0.650. The van der Waals surface area contributed by atoms with Crippen molar-refractivity contribution in [1.29, 1.82) is 0 Å². The number of allylic oxidation sites excluding steroid dienone is 1. The highest BCUT2D eigenvalue weighted by Crippen LogP contribution is 2.40. The van der Waals surface area contributed by atoms with E-state index in [0.717, 1.165) is 0 Å². The van der Waals surface area contributed by atoms with Crippen molar-refractivity contribution in [2.24, 2.45) is 0 Å². The predicted molar refractivity (Wildman–Crippen MR) is 73.2 cm³/mol. The van der Waals surface area contributed by atoms with Crippen molar-refractivity contribution in [3.63, 3.8) is 0 Å². The van der Waals surface area contributed by atoms with Crippen LogP contribution in [0.25, 0.3) is 0 Å². The molecule has 2 aliphatic rings. The van der Waals surface area contributed by atoms with Gasteiger partial charge in [-0.3, -0.25) is 4.79 Å². The summed E-state index contributed by atoms with van der Waals surface area (Å²) in [5, 5.41) is 12.1. The van der Waals surface area contributed by atoms with Crippen molar-refractivity contribution in [3.05, 3.63) is 35.1 Å². The zero-order chi connectivity index (χ0) is 15.7. The fraction of sp³-hybridized carbons (Fsp3) is 0.375. The van der Waals surface area contributed by atoms with Gasteiger partial charge in [-0.2, -0.15) is 0 Å². The maximum atomic E-state index is 12.1. The number of rotatable bonds is 3. The molecule has 0 saturated heterocycles. The van der Waals surface area contributed by atoms with Crippen LogP contribution in [-0.4, -0.2) is 25.2 Å². The lowest BCUT2D eigenvalue weighted by atomic mass is 9.81. The Morgan fingerprint density at radius 3 is 2.91 bits per heavy atom. The maximum absolute atomic E-state index is 12.1. The highest BCUT2D eigenvalue weighted by molar-refractivity contribution is 5.96. The third kappa shape index (κ3) is 2.52. The molecule has 0 aromatic heterocycles. The zero-order valence-electron chi connectivity index (χ0n) is 12.1. The van der Waals surface area contributed by atoms with Crippen LogP contribution in [0.15, 0.2) is 29.5 Å². The topological polar surface area (TPSA) is 84.9 Å². The van der Waals surface area contributed by atoms with Crippen molar-refractivity contribution in [1.82, 2.24) is 0 Å². The normalized spacial score (nSPS) is 20.2. The summed E-state index contributed by atoms with van der Waals surface area (Å²) in [4.78, 5) is 23.9. The standard InChI is InChI=1S/C16H16O6/c1-2-20-16(19)15-11(6-10(17)7-12(15)18)9-3-4-13-14(5-9)22-8-21-13/h3-5,11,18H,2,6-8H2,1H3/p-1. The van der Waals surface area contributed by atoms with E-state index in [2.05, 4.69) is 0 Å². The van der Waals surface area contributed by atoms with Crippen LogP contribution in [-0.2, 0) is 14.3 Å². The van der Waals surface area contributed by atoms with Crippen LogP contribution >= 0.6 is 0 Å². The van der Waals surface area contributed by atoms with E-state index in [1.165, 1.54) is 0 Å². The van der Waals surface area contributed by atoms with E-state index < -0.39 is 17.6 Å². The van der Waals surface area contributed by atoms with Gasteiger partial charge in [0.15, 0.2) is 11.5 Å². The van der Waals surface area contributed by atoms with Crippen LogP contribution in [0, 0.1) is 0 Å². The molecule has 1 aromatic rings. The molecule has 6 heteroatoms. The Bertz CT molecular complexity index is 661. The summed E-state index contributed by atoms with van der Waals surface area (Å²) >= 11 is 0. The smallest absolute Gasteiger partial charge is 0.333 e. The van der Waals surface area contributed by atoms with Gasteiger partial charge >= 0.3 is 5.97 Å². The molecule has 1 heterocycles. The number of hydrogen-bond acceptors (Lipinski definition) is 6. The molecular formula is C16H15O6-. The van der Waals surface area contributed by atoms with Crippen LogP contribution in [0.4, 0.5) is 0 Å². The fourth-order valence-electron chi connectivity index (χ4n) is 2.75. The molecule has 0 saturated carbocycles. The SMILES string of the molecule is CCOC(=O)C1=C([O-])CC(=O)CC1c1ccc2c(c1)OCO2. The average Bonchev–Trinajstić information content (AvgIpc) is 2.93. The lowest BCUT2D eigenvalue weighted by Gasteiger charge is -2.29. The molecule has 6 nitrogen and oxygen atoms in total. The lowest BCUT2D eigenvalue weighted by Crippen LogP contribution is -2.29. The molecule has 116 valence electrons. The summed E-state index contributed by atoms with van der Waals surface area (Å²) in [5.41, 5.74) is 0.717. The molecule has 0 bridgehead atoms.